The number of nitrogens with one attached hydrogen (secondary N) is 3. The lowest BCUT2D eigenvalue weighted by Gasteiger charge is -2.37. The first-order chi connectivity index (χ1) is 20.3. The smallest absolute Gasteiger partial charge is 0.216 e. The third-order valence-corrected chi connectivity index (χ3v) is 7.03. The number of ether oxygens (including phenoxy) is 1. The molecule has 2 aromatic heterocycles. The predicted octanol–water partition coefficient (Wildman–Crippen LogP) is 3.89. The first-order valence-corrected chi connectivity index (χ1v) is 13.7. The van der Waals surface area contributed by atoms with Crippen molar-refractivity contribution in [2.24, 2.45) is 0 Å². The summed E-state index contributed by atoms with van der Waals surface area (Å²) in [5.41, 5.74) is 5.30. The molecule has 0 unspecified atom stereocenters. The van der Waals surface area contributed by atoms with Crippen LogP contribution in [0.25, 0.3) is 21.9 Å². The molecule has 4 aromatic rings. The third kappa shape index (κ3) is 8.23. The van der Waals surface area contributed by atoms with Gasteiger partial charge in [0.25, 0.3) is 0 Å². The highest BCUT2D eigenvalue weighted by atomic mass is 32.1. The summed E-state index contributed by atoms with van der Waals surface area (Å²) < 4.78 is 5.58. The summed E-state index contributed by atoms with van der Waals surface area (Å²) >= 11 is 5.68. The van der Waals surface area contributed by atoms with Crippen molar-refractivity contribution in [3.8, 4) is 5.75 Å². The van der Waals surface area contributed by atoms with Crippen molar-refractivity contribution < 1.29 is 19.1 Å². The molecule has 0 radical (unpaired) electrons. The maximum atomic E-state index is 9.70. The highest BCUT2D eigenvalue weighted by molar-refractivity contribution is 7.80. The van der Waals surface area contributed by atoms with Gasteiger partial charge in [-0.1, -0.05) is 24.6 Å². The topological polar surface area (TPSA) is 133 Å². The first-order valence-electron chi connectivity index (χ1n) is 13.3. The number of thiocarbonyl (C=S) groups is 1. The van der Waals surface area contributed by atoms with E-state index in [0.29, 0.717) is 0 Å². The van der Waals surface area contributed by atoms with Crippen LogP contribution in [-0.2, 0) is 20.8 Å². The van der Waals surface area contributed by atoms with Crippen LogP contribution in [0.2, 0.25) is 0 Å². The minimum Gasteiger partial charge on any atom is -0.496 e. The van der Waals surface area contributed by atoms with Crippen LogP contribution in [0.3, 0.4) is 0 Å². The van der Waals surface area contributed by atoms with E-state index in [0.717, 1.165) is 76.9 Å². The average Bonchev–Trinajstić information content (AvgIpc) is 3.41. The van der Waals surface area contributed by atoms with E-state index in [-0.39, 0.29) is 5.91 Å². The van der Waals surface area contributed by atoms with E-state index >= 15 is 0 Å². The number of hydrogen-bond donors (Lipinski definition) is 3. The van der Waals surface area contributed by atoms with Gasteiger partial charge in [0.05, 0.1) is 18.0 Å². The number of aromatic nitrogens is 3. The van der Waals surface area contributed by atoms with Gasteiger partial charge in [0.15, 0.2) is 5.11 Å². The van der Waals surface area contributed by atoms with Crippen molar-refractivity contribution in [2.45, 2.75) is 27.2 Å². The monoisotopic (exact) mass is 593 g/mol. The van der Waals surface area contributed by atoms with Gasteiger partial charge in [-0.05, 0) is 49.3 Å². The lowest BCUT2D eigenvalue weighted by molar-refractivity contribution is -0.118. The molecule has 1 fully saturated rings. The molecule has 1 aliphatic rings. The number of rotatable bonds is 4. The van der Waals surface area contributed by atoms with Crippen LogP contribution in [0.15, 0.2) is 42.7 Å². The Kier molecular flexibility index (Phi) is 13.3. The normalized spacial score (nSPS) is 12.1. The van der Waals surface area contributed by atoms with E-state index < -0.39 is 0 Å². The molecule has 0 atom stereocenters. The van der Waals surface area contributed by atoms with Crippen LogP contribution in [0.1, 0.15) is 25.0 Å². The fourth-order valence-corrected chi connectivity index (χ4v) is 4.75. The Morgan fingerprint density at radius 2 is 1.69 bits per heavy atom. The number of carbonyl (C=O) groups is 3. The second-order valence-corrected chi connectivity index (χ2v) is 9.57. The maximum Gasteiger partial charge on any atom is 0.216 e. The molecule has 11 nitrogen and oxygen atoms in total. The van der Waals surface area contributed by atoms with E-state index in [1.807, 2.05) is 13.6 Å². The maximum absolute atomic E-state index is 9.70. The van der Waals surface area contributed by atoms with Gasteiger partial charge in [0.2, 0.25) is 5.91 Å². The predicted molar refractivity (Wildman–Crippen MR) is 172 cm³/mol. The molecule has 0 spiro atoms. The molecular weight excluding hydrogens is 554 g/mol. The van der Waals surface area contributed by atoms with Crippen LogP contribution in [0.4, 0.5) is 11.5 Å². The van der Waals surface area contributed by atoms with Gasteiger partial charge in [-0.3, -0.25) is 4.79 Å². The number of hydrogen-bond acceptors (Lipinski definition) is 8. The highest BCUT2D eigenvalue weighted by Gasteiger charge is 2.23. The number of benzene rings is 2. The molecule has 1 aliphatic heterocycles. The SMILES string of the molecule is C=O.C=O.CCc1cc2c(cc1OC)[nH]c1ncnc(N3CCN(C(=S)Nc4ccc(C)cc4)CC3)c12.CNC(C)=O. The molecule has 1 saturated heterocycles. The Bertz CT molecular complexity index is 1470. The molecule has 224 valence electrons. The van der Waals surface area contributed by atoms with Crippen molar-refractivity contribution >= 4 is 70.3 Å². The summed E-state index contributed by atoms with van der Waals surface area (Å²) in [6.45, 7) is 13.0. The lowest BCUT2D eigenvalue weighted by atomic mass is 10.1. The van der Waals surface area contributed by atoms with E-state index in [1.165, 1.54) is 18.1 Å². The number of amides is 1. The number of piperazine rings is 1. The zero-order valence-corrected chi connectivity index (χ0v) is 25.6. The minimum atomic E-state index is 0.00463. The van der Waals surface area contributed by atoms with Crippen molar-refractivity contribution in [1.82, 2.24) is 25.2 Å². The zero-order chi connectivity index (χ0) is 31.2. The molecule has 5 rings (SSSR count). The van der Waals surface area contributed by atoms with E-state index in [4.69, 9.17) is 31.5 Å². The summed E-state index contributed by atoms with van der Waals surface area (Å²) in [6, 6.07) is 12.6. The number of aromatic amines is 1. The fraction of sp³-hybridized carbons (Fsp3) is 0.333. The first kappa shape index (κ1) is 33.6. The van der Waals surface area contributed by atoms with Gasteiger partial charge in [-0.15, -0.1) is 0 Å². The van der Waals surface area contributed by atoms with Crippen LogP contribution in [-0.4, -0.2) is 84.8 Å². The minimum absolute atomic E-state index is 0.00463. The number of anilines is 2. The molecule has 3 N–H and O–H groups in total. The summed E-state index contributed by atoms with van der Waals surface area (Å²) in [4.78, 5) is 42.9. The van der Waals surface area contributed by atoms with E-state index in [2.05, 4.69) is 80.6 Å². The Labute approximate surface area is 251 Å². The number of nitrogens with zero attached hydrogens (tertiary/aromatic N) is 4. The molecule has 0 saturated carbocycles. The van der Waals surface area contributed by atoms with Crippen LogP contribution in [0, 0.1) is 6.92 Å². The van der Waals surface area contributed by atoms with E-state index in [9.17, 15) is 4.79 Å². The van der Waals surface area contributed by atoms with Crippen molar-refractivity contribution in [3.63, 3.8) is 0 Å². The zero-order valence-electron chi connectivity index (χ0n) is 24.8. The molecule has 2 aromatic carbocycles. The van der Waals surface area contributed by atoms with Gasteiger partial charge in [0.1, 0.15) is 37.1 Å². The fourth-order valence-electron chi connectivity index (χ4n) is 4.45. The Morgan fingerprint density at radius 1 is 1.07 bits per heavy atom. The summed E-state index contributed by atoms with van der Waals surface area (Å²) in [5, 5.41) is 8.72. The van der Waals surface area contributed by atoms with Gasteiger partial charge >= 0.3 is 0 Å². The summed E-state index contributed by atoms with van der Waals surface area (Å²) in [7, 11) is 3.31. The second kappa shape index (κ2) is 16.6. The van der Waals surface area contributed by atoms with Gasteiger partial charge in [0, 0.05) is 57.3 Å². The summed E-state index contributed by atoms with van der Waals surface area (Å²) in [5.74, 6) is 1.87. The number of H-pyrrole nitrogens is 1. The third-order valence-electron chi connectivity index (χ3n) is 6.67. The van der Waals surface area contributed by atoms with Crippen LogP contribution < -0.4 is 20.3 Å². The standard InChI is InChI=1S/C25H28N6OS.C3H7NO.2CH2O/c1-4-17-13-19-20(14-21(17)32-3)29-23-22(19)24(27-15-26-23)30-9-11-31(12-10-30)25(33)28-18-7-5-16(2)6-8-18;1-3(5)4-2;2*1-2/h5-8,13-15H,4,9-12H2,1-3H3,(H,28,33)(H,26,27,29);1-2H3,(H,4,5);2*1H2. The quantitative estimate of drug-likeness (QED) is 0.299. The number of fused-ring (bicyclic) bond motifs is 3. The highest BCUT2D eigenvalue weighted by Crippen LogP contribution is 2.35. The van der Waals surface area contributed by atoms with Crippen LogP contribution >= 0.6 is 12.2 Å². The average molecular weight is 594 g/mol. The Hall–Kier alpha value is -4.58. The number of carbonyl (C=O) groups excluding carboxylic acids is 3. The summed E-state index contributed by atoms with van der Waals surface area (Å²) in [6.07, 6.45) is 2.54. The largest absolute Gasteiger partial charge is 0.496 e. The molecule has 0 bridgehead atoms. The van der Waals surface area contributed by atoms with Gasteiger partial charge < -0.3 is 39.7 Å². The molecule has 1 amide bonds. The van der Waals surface area contributed by atoms with E-state index in [1.54, 1.807) is 20.5 Å². The number of methoxy groups -OCH3 is 1. The van der Waals surface area contributed by atoms with Crippen molar-refractivity contribution in [1.29, 1.82) is 0 Å². The molecule has 0 aliphatic carbocycles. The van der Waals surface area contributed by atoms with Crippen molar-refractivity contribution in [3.05, 3.63) is 53.9 Å². The van der Waals surface area contributed by atoms with Crippen LogP contribution in [0.5, 0.6) is 5.75 Å². The number of aryl methyl sites for hydroxylation is 2. The molecule has 3 heterocycles. The van der Waals surface area contributed by atoms with Gasteiger partial charge in [-0.25, -0.2) is 9.97 Å². The van der Waals surface area contributed by atoms with Crippen molar-refractivity contribution in [2.75, 3.05) is 50.6 Å². The Balaban J connectivity index is 0.000000612. The molecular formula is C30H39N7O4S. The molecule has 12 heteroatoms. The Morgan fingerprint density at radius 3 is 2.24 bits per heavy atom. The molecule has 42 heavy (non-hydrogen) atoms. The lowest BCUT2D eigenvalue weighted by Crippen LogP contribution is -2.50. The second-order valence-electron chi connectivity index (χ2n) is 9.19. The van der Waals surface area contributed by atoms with Gasteiger partial charge in [-0.2, -0.15) is 0 Å².